The highest BCUT2D eigenvalue weighted by Gasteiger charge is 2.44. The number of nitrogens with zero attached hydrogens (tertiary/aromatic N) is 4. The number of ether oxygens (including phenoxy) is 1. The fraction of sp³-hybridized carbons (Fsp3) is 0.333. The molecule has 1 saturated carbocycles. The zero-order valence-corrected chi connectivity index (χ0v) is 18.8. The van der Waals surface area contributed by atoms with Gasteiger partial charge in [-0.15, -0.1) is 0 Å². The molecule has 3 aromatic rings. The maximum absolute atomic E-state index is 12.2. The lowest BCUT2D eigenvalue weighted by molar-refractivity contribution is 0.0315. The van der Waals surface area contributed by atoms with Crippen LogP contribution in [0.15, 0.2) is 48.9 Å². The van der Waals surface area contributed by atoms with Gasteiger partial charge in [-0.25, -0.2) is 14.3 Å². The number of allylic oxidation sites excluding steroid dienone is 1. The first-order valence-electron chi connectivity index (χ1n) is 11.3. The first kappa shape index (κ1) is 21.9. The highest BCUT2D eigenvalue weighted by molar-refractivity contribution is 6.08. The second kappa shape index (κ2) is 8.79. The zero-order valence-electron chi connectivity index (χ0n) is 18.8. The van der Waals surface area contributed by atoms with Crippen molar-refractivity contribution in [1.82, 2.24) is 24.8 Å². The Kier molecular flexibility index (Phi) is 5.66. The summed E-state index contributed by atoms with van der Waals surface area (Å²) in [4.78, 5) is 18.3. The molecule has 34 heavy (non-hydrogen) atoms. The third-order valence-electron chi connectivity index (χ3n) is 6.34. The molecule has 0 atom stereocenters. The van der Waals surface area contributed by atoms with E-state index in [1.165, 1.54) is 6.21 Å². The first-order valence-corrected chi connectivity index (χ1v) is 11.3. The van der Waals surface area contributed by atoms with Crippen LogP contribution in [0.25, 0.3) is 22.5 Å². The molecule has 0 bridgehead atoms. The van der Waals surface area contributed by atoms with Gasteiger partial charge in [0.05, 0.1) is 43.3 Å². The quantitative estimate of drug-likeness (QED) is 0.297. The summed E-state index contributed by atoms with van der Waals surface area (Å²) in [7, 11) is 0. The number of nitrogens with one attached hydrogen (secondary N) is 2. The fourth-order valence-corrected chi connectivity index (χ4v) is 4.03. The normalized spacial score (nSPS) is 17.3. The molecule has 1 aliphatic heterocycles. The molecule has 176 valence electrons. The van der Waals surface area contributed by atoms with Crippen LogP contribution in [-0.2, 0) is 4.74 Å². The number of carbonyl (C=O) groups is 1. The maximum Gasteiger partial charge on any atom is 0.409 e. The number of fused-ring (bicyclic) bond motifs is 1. The Morgan fingerprint density at radius 1 is 1.29 bits per heavy atom. The molecule has 0 unspecified atom stereocenters. The number of nitrogens with two attached hydrogens (primary N) is 2. The van der Waals surface area contributed by atoms with E-state index < -0.39 is 5.54 Å². The Morgan fingerprint density at radius 3 is 2.82 bits per heavy atom. The van der Waals surface area contributed by atoms with Crippen molar-refractivity contribution in [3.8, 4) is 11.3 Å². The van der Waals surface area contributed by atoms with Crippen LogP contribution in [0, 0.1) is 11.3 Å². The van der Waals surface area contributed by atoms with E-state index in [2.05, 4.69) is 15.4 Å². The summed E-state index contributed by atoms with van der Waals surface area (Å²) in [6, 6.07) is 9.43. The summed E-state index contributed by atoms with van der Waals surface area (Å²) < 4.78 is 7.09. The number of aromatic nitrogens is 3. The summed E-state index contributed by atoms with van der Waals surface area (Å²) in [5.41, 5.74) is 15.9. The third-order valence-corrected chi connectivity index (χ3v) is 6.34. The summed E-state index contributed by atoms with van der Waals surface area (Å²) in [5, 5.41) is 15.8. The van der Waals surface area contributed by atoms with Crippen molar-refractivity contribution in [3.05, 3.63) is 54.5 Å². The van der Waals surface area contributed by atoms with Crippen LogP contribution < -0.4 is 16.8 Å². The Morgan fingerprint density at radius 2 is 2.12 bits per heavy atom. The van der Waals surface area contributed by atoms with Crippen LogP contribution in [0.5, 0.6) is 0 Å². The first-order chi connectivity index (χ1) is 16.5. The monoisotopic (exact) mass is 460 g/mol. The van der Waals surface area contributed by atoms with Crippen molar-refractivity contribution in [2.24, 2.45) is 11.7 Å². The van der Waals surface area contributed by atoms with Gasteiger partial charge >= 0.3 is 6.09 Å². The van der Waals surface area contributed by atoms with E-state index in [-0.39, 0.29) is 6.09 Å². The molecule has 0 spiro atoms. The van der Waals surface area contributed by atoms with Gasteiger partial charge in [-0.05, 0) is 37.0 Å². The van der Waals surface area contributed by atoms with Crippen LogP contribution in [0.4, 0.5) is 10.5 Å². The lowest BCUT2D eigenvalue weighted by atomic mass is 9.90. The van der Waals surface area contributed by atoms with Crippen molar-refractivity contribution < 1.29 is 9.53 Å². The number of likely N-dealkylation sites (tertiary alicyclic amines) is 1. The summed E-state index contributed by atoms with van der Waals surface area (Å²) >= 11 is 0. The Labute approximate surface area is 197 Å². The highest BCUT2D eigenvalue weighted by atomic mass is 16.6. The zero-order chi connectivity index (χ0) is 23.7. The van der Waals surface area contributed by atoms with Crippen LogP contribution in [0.1, 0.15) is 18.4 Å². The molecule has 10 heteroatoms. The molecule has 3 heterocycles. The number of carbonyl (C=O) groups excluding carboxylic acids is 1. The van der Waals surface area contributed by atoms with E-state index in [0.29, 0.717) is 49.1 Å². The molecule has 1 aromatic carbocycles. The fourth-order valence-electron chi connectivity index (χ4n) is 4.03. The number of nitrogen functional groups attached to an aromatic ring is 1. The minimum atomic E-state index is -0.446. The molecule has 5 rings (SSSR count). The van der Waals surface area contributed by atoms with Crippen molar-refractivity contribution in [1.29, 1.82) is 5.41 Å². The number of imidazole rings is 1. The predicted molar refractivity (Wildman–Crippen MR) is 130 cm³/mol. The Bertz CT molecular complexity index is 1260. The minimum Gasteiger partial charge on any atom is -0.449 e. The maximum atomic E-state index is 12.2. The highest BCUT2D eigenvalue weighted by Crippen LogP contribution is 2.30. The van der Waals surface area contributed by atoms with Crippen LogP contribution in [0.2, 0.25) is 0 Å². The van der Waals surface area contributed by atoms with Crippen LogP contribution >= 0.6 is 0 Å². The van der Waals surface area contributed by atoms with Gasteiger partial charge in [0, 0.05) is 41.3 Å². The van der Waals surface area contributed by atoms with Crippen LogP contribution in [-0.4, -0.2) is 63.6 Å². The molecule has 1 saturated heterocycles. The summed E-state index contributed by atoms with van der Waals surface area (Å²) in [6.07, 6.45) is 8.44. The molecule has 2 fully saturated rings. The van der Waals surface area contributed by atoms with Gasteiger partial charge < -0.3 is 31.8 Å². The van der Waals surface area contributed by atoms with Gasteiger partial charge in [-0.1, -0.05) is 12.1 Å². The van der Waals surface area contributed by atoms with Gasteiger partial charge in [0.1, 0.15) is 0 Å². The molecule has 1 amide bonds. The van der Waals surface area contributed by atoms with Gasteiger partial charge in [0.15, 0.2) is 5.65 Å². The van der Waals surface area contributed by atoms with E-state index in [1.807, 2.05) is 30.3 Å². The number of rotatable bonds is 8. The largest absolute Gasteiger partial charge is 0.449 e. The summed E-state index contributed by atoms with van der Waals surface area (Å²) in [5.74, 6) is 0.531. The van der Waals surface area contributed by atoms with E-state index in [1.54, 1.807) is 28.0 Å². The van der Waals surface area contributed by atoms with Gasteiger partial charge in [0.2, 0.25) is 0 Å². The molecule has 10 nitrogen and oxygen atoms in total. The van der Waals surface area contributed by atoms with Crippen molar-refractivity contribution >= 4 is 29.2 Å². The Balaban J connectivity index is 1.29. The molecule has 2 aliphatic rings. The number of anilines is 1. The average Bonchev–Trinajstić information content (AvgIpc) is 3.56. The second-order valence-electron chi connectivity index (χ2n) is 9.03. The summed E-state index contributed by atoms with van der Waals surface area (Å²) in [6.45, 7) is 1.76. The molecule has 2 aromatic heterocycles. The van der Waals surface area contributed by atoms with E-state index in [0.717, 1.165) is 29.7 Å². The third kappa shape index (κ3) is 4.32. The number of hydrogen-bond acceptors (Lipinski definition) is 8. The van der Waals surface area contributed by atoms with Crippen molar-refractivity contribution in [3.63, 3.8) is 0 Å². The van der Waals surface area contributed by atoms with Crippen molar-refractivity contribution in [2.75, 3.05) is 32.0 Å². The smallest absolute Gasteiger partial charge is 0.409 e. The average molecular weight is 461 g/mol. The van der Waals surface area contributed by atoms with Crippen molar-refractivity contribution in [2.45, 2.75) is 18.4 Å². The molecule has 0 radical (unpaired) electrons. The van der Waals surface area contributed by atoms with E-state index in [4.69, 9.17) is 21.6 Å². The standard InChI is InChI=1S/C24H28N8O2/c25-8-19(9-29-24(13-26)14-31(15-24)23(33)34-12-16-4-5-16)18-7-22-28-11-21(32(22)30-10-18)17-2-1-3-20(27)6-17/h1-3,6-11,16,25,29H,4-5,12-15,26-27H2/b19-9+,25-8?. The number of benzene rings is 1. The second-order valence-corrected chi connectivity index (χ2v) is 9.03. The lowest BCUT2D eigenvalue weighted by Crippen LogP contribution is -2.72. The lowest BCUT2D eigenvalue weighted by Gasteiger charge is -2.49. The van der Waals surface area contributed by atoms with E-state index >= 15 is 0 Å². The minimum absolute atomic E-state index is 0.293. The molecular formula is C24H28N8O2. The number of hydrogen-bond donors (Lipinski definition) is 4. The molecule has 6 N–H and O–H groups in total. The SMILES string of the molecule is N=C/C(=C\NC1(CN)CN(C(=O)OCC2CC2)C1)c1cnn2c(-c3cccc(N)c3)cnc2c1. The van der Waals surface area contributed by atoms with E-state index in [9.17, 15) is 4.79 Å². The van der Waals surface area contributed by atoms with Gasteiger partial charge in [-0.3, -0.25) is 0 Å². The predicted octanol–water partition coefficient (Wildman–Crippen LogP) is 2.12. The topological polar surface area (TPSA) is 148 Å². The Hall–Kier alpha value is -3.92. The molecular weight excluding hydrogens is 432 g/mol. The molecule has 1 aliphatic carbocycles. The number of amides is 1. The van der Waals surface area contributed by atoms with Gasteiger partial charge in [0.25, 0.3) is 0 Å². The van der Waals surface area contributed by atoms with Gasteiger partial charge in [-0.2, -0.15) is 5.10 Å². The van der Waals surface area contributed by atoms with Crippen LogP contribution in [0.3, 0.4) is 0 Å².